The Bertz CT molecular complexity index is 1880. The first-order valence-corrected chi connectivity index (χ1v) is 21.3. The number of carbonyl (C=O) groups excluding carboxylic acids is 2. The van der Waals surface area contributed by atoms with Crippen molar-refractivity contribution in [1.29, 1.82) is 5.31 Å². The first-order chi connectivity index (χ1) is 25.2. The second-order valence-electron chi connectivity index (χ2n) is 14.8. The molecular formula is C40H45BBrF2N3O5Si. The van der Waals surface area contributed by atoms with Crippen LogP contribution in [-0.2, 0) is 20.4 Å². The molecule has 13 heteroatoms. The third-order valence-corrected chi connectivity index (χ3v) is 15.1. The minimum atomic E-state index is -2.40. The summed E-state index contributed by atoms with van der Waals surface area (Å²) in [4.78, 5) is 29.8. The topological polar surface area (TPSA) is 101 Å². The van der Waals surface area contributed by atoms with Gasteiger partial charge in [0.1, 0.15) is 0 Å². The molecule has 0 unspecified atom stereocenters. The maximum atomic E-state index is 15.1. The van der Waals surface area contributed by atoms with Gasteiger partial charge in [-0.15, -0.1) is 0 Å². The fraction of sp³-hybridized carbons (Fsp3) is 0.350. The van der Waals surface area contributed by atoms with Crippen molar-refractivity contribution in [2.45, 2.75) is 76.4 Å². The number of hydrogen-bond acceptors (Lipinski definition) is 7. The number of nitrogens with zero attached hydrogens (tertiary/aromatic N) is 1. The predicted octanol–water partition coefficient (Wildman–Crippen LogP) is 10.4. The molecule has 1 heterocycles. The molecule has 0 aliphatic carbocycles. The van der Waals surface area contributed by atoms with Crippen LogP contribution in [0.25, 0.3) is 0 Å². The Labute approximate surface area is 320 Å². The van der Waals surface area contributed by atoms with E-state index in [0.717, 1.165) is 18.4 Å². The molecule has 4 aromatic rings. The van der Waals surface area contributed by atoms with E-state index in [9.17, 15) is 13.6 Å². The van der Waals surface area contributed by atoms with Gasteiger partial charge in [0, 0.05) is 0 Å². The molecule has 278 valence electrons. The van der Waals surface area contributed by atoms with Gasteiger partial charge in [0.15, 0.2) is 0 Å². The molecule has 1 aliphatic rings. The van der Waals surface area contributed by atoms with E-state index in [1.807, 2.05) is 30.3 Å². The fourth-order valence-corrected chi connectivity index (χ4v) is 7.92. The van der Waals surface area contributed by atoms with E-state index >= 15 is 4.79 Å². The summed E-state index contributed by atoms with van der Waals surface area (Å²) in [6.45, 7) is 10.7. The minimum absolute atomic E-state index is 0.0371. The normalized spacial score (nSPS) is 16.3. The summed E-state index contributed by atoms with van der Waals surface area (Å²) >= 11 is 3.49. The quantitative estimate of drug-likeness (QED) is 0.116. The number of amides is 2. The molecule has 0 radical (unpaired) electrons. The molecule has 53 heavy (non-hydrogen) atoms. The number of rotatable bonds is 15. The van der Waals surface area contributed by atoms with Gasteiger partial charge in [-0.3, -0.25) is 0 Å². The zero-order chi connectivity index (χ0) is 38.3. The van der Waals surface area contributed by atoms with Gasteiger partial charge in [-0.25, -0.2) is 4.39 Å². The van der Waals surface area contributed by atoms with Crippen LogP contribution in [0.15, 0.2) is 102 Å². The standard InChI is InChI=1S/C40H45BBrF2N3O5Si/c1-40(2,3)53(4,5)52-35(27-11-14-29(43)15-12-27)22-21-34(38(48)47-32(25-50-39(47)49)23-26-9-7-6-8-10-26)37(46-31-18-16-30(44)17-19-31)33-20-13-28(42)24-36(33)51-41-45/h6-20,24,32,34-35,37,45-46H,21-23,25H2,1-5H3/t32-,34+,35-,37+/m0/s1. The predicted molar refractivity (Wildman–Crippen MR) is 208 cm³/mol. The third kappa shape index (κ3) is 10.1. The second kappa shape index (κ2) is 17.3. The molecule has 0 bridgehead atoms. The number of nitrogens with one attached hydrogen (secondary N) is 2. The summed E-state index contributed by atoms with van der Waals surface area (Å²) in [5.74, 6) is -1.90. The summed E-state index contributed by atoms with van der Waals surface area (Å²) < 4.78 is 47.1. The van der Waals surface area contributed by atoms with Gasteiger partial charge in [-0.05, 0) is 0 Å². The first kappa shape index (κ1) is 40.0. The summed E-state index contributed by atoms with van der Waals surface area (Å²) in [7, 11) is -1.59. The second-order valence-corrected chi connectivity index (χ2v) is 20.4. The fourth-order valence-electron chi connectivity index (χ4n) is 6.26. The number of imide groups is 1. The van der Waals surface area contributed by atoms with E-state index < -0.39 is 50.2 Å². The van der Waals surface area contributed by atoms with E-state index in [1.165, 1.54) is 29.2 Å². The number of ether oxygens (including phenoxy) is 1. The summed E-state index contributed by atoms with van der Waals surface area (Å²) in [6.07, 6.45) is -0.309. The summed E-state index contributed by atoms with van der Waals surface area (Å²) in [5.41, 5.74) is 2.77. The van der Waals surface area contributed by atoms with Gasteiger partial charge in [0.05, 0.1) is 0 Å². The molecule has 5 rings (SSSR count). The molecule has 2 amide bonds. The van der Waals surface area contributed by atoms with Crippen LogP contribution in [0.3, 0.4) is 0 Å². The van der Waals surface area contributed by atoms with Crippen molar-refractivity contribution in [3.8, 4) is 5.75 Å². The Morgan fingerprint density at radius 1 is 1.00 bits per heavy atom. The Balaban J connectivity index is 1.62. The Kier molecular flexibility index (Phi) is 13.1. The number of benzene rings is 4. The van der Waals surface area contributed by atoms with Crippen molar-refractivity contribution in [3.05, 3.63) is 130 Å². The van der Waals surface area contributed by atoms with Crippen LogP contribution in [0.5, 0.6) is 5.75 Å². The van der Waals surface area contributed by atoms with Gasteiger partial charge >= 0.3 is 311 Å². The molecule has 8 nitrogen and oxygen atoms in total. The molecule has 1 aliphatic heterocycles. The van der Waals surface area contributed by atoms with E-state index in [1.54, 1.807) is 42.5 Å². The van der Waals surface area contributed by atoms with Gasteiger partial charge in [0.25, 0.3) is 0 Å². The zero-order valence-electron chi connectivity index (χ0n) is 30.6. The SMILES string of the molecule is CC(C)(C)[Si](C)(C)O[C@@H](CC[C@@H](C(=O)N1C(=O)OC[C@@H]1Cc1ccccc1)[C@H](Nc1ccc(F)cc1)c1ccc(Br)cc1OB=N)c1ccc(F)cc1. The van der Waals surface area contributed by atoms with E-state index in [2.05, 4.69) is 55.1 Å². The van der Waals surface area contributed by atoms with Crippen LogP contribution in [0.1, 0.15) is 62.4 Å². The number of carbonyl (C=O) groups is 2. The molecular weight excluding hydrogens is 759 g/mol. The van der Waals surface area contributed by atoms with Crippen LogP contribution in [0.2, 0.25) is 18.1 Å². The van der Waals surface area contributed by atoms with Crippen molar-refractivity contribution < 1.29 is 32.2 Å². The van der Waals surface area contributed by atoms with E-state index in [0.29, 0.717) is 34.3 Å². The van der Waals surface area contributed by atoms with Crippen LogP contribution in [0, 0.1) is 22.9 Å². The van der Waals surface area contributed by atoms with E-state index in [4.69, 9.17) is 19.1 Å². The summed E-state index contributed by atoms with van der Waals surface area (Å²) in [6, 6.07) is 25.5. The van der Waals surface area contributed by atoms with Crippen LogP contribution >= 0.6 is 15.9 Å². The van der Waals surface area contributed by atoms with Crippen molar-refractivity contribution in [2.24, 2.45) is 5.92 Å². The van der Waals surface area contributed by atoms with Crippen LogP contribution in [-0.4, -0.2) is 45.1 Å². The summed E-state index contributed by atoms with van der Waals surface area (Å²) in [5, 5.41) is 11.1. The number of cyclic esters (lactones) is 1. The van der Waals surface area contributed by atoms with Gasteiger partial charge in [-0.2, -0.15) is 0 Å². The van der Waals surface area contributed by atoms with Crippen molar-refractivity contribution in [1.82, 2.24) is 4.90 Å². The number of halogens is 3. The first-order valence-electron chi connectivity index (χ1n) is 17.6. The average Bonchev–Trinajstić information content (AvgIpc) is 3.47. The van der Waals surface area contributed by atoms with Gasteiger partial charge in [0.2, 0.25) is 0 Å². The number of hydrogen-bond donors (Lipinski definition) is 2. The molecule has 4 aromatic carbocycles. The monoisotopic (exact) mass is 803 g/mol. The van der Waals surface area contributed by atoms with Crippen molar-refractivity contribution in [3.63, 3.8) is 0 Å². The van der Waals surface area contributed by atoms with E-state index in [-0.39, 0.29) is 23.9 Å². The van der Waals surface area contributed by atoms with Crippen molar-refractivity contribution in [2.75, 3.05) is 11.9 Å². The molecule has 1 fully saturated rings. The number of anilines is 1. The Morgan fingerprint density at radius 3 is 2.26 bits per heavy atom. The van der Waals surface area contributed by atoms with Gasteiger partial charge < -0.3 is 0 Å². The Morgan fingerprint density at radius 2 is 1.64 bits per heavy atom. The zero-order valence-corrected chi connectivity index (χ0v) is 33.2. The van der Waals surface area contributed by atoms with Crippen molar-refractivity contribution >= 4 is 49.2 Å². The molecule has 4 atom stereocenters. The molecule has 2 N–H and O–H groups in total. The maximum absolute atomic E-state index is 15.1. The third-order valence-electron chi connectivity index (χ3n) is 10.1. The molecule has 0 aromatic heterocycles. The molecule has 0 spiro atoms. The average molecular weight is 805 g/mol. The van der Waals surface area contributed by atoms with Gasteiger partial charge in [-0.1, -0.05) is 6.07 Å². The van der Waals surface area contributed by atoms with Crippen LogP contribution in [0.4, 0.5) is 19.3 Å². The van der Waals surface area contributed by atoms with Crippen LogP contribution < -0.4 is 9.97 Å². The Hall–Kier alpha value is -4.20. The molecule has 1 saturated heterocycles. The molecule has 0 saturated carbocycles.